The van der Waals surface area contributed by atoms with Gasteiger partial charge in [0.15, 0.2) is 0 Å². The summed E-state index contributed by atoms with van der Waals surface area (Å²) in [5.41, 5.74) is 2.81. The number of hydrogen-bond acceptors (Lipinski definition) is 3. The highest BCUT2D eigenvalue weighted by Gasteiger charge is 2.24. The van der Waals surface area contributed by atoms with E-state index in [4.69, 9.17) is 4.74 Å². The van der Waals surface area contributed by atoms with E-state index in [1.165, 1.54) is 0 Å². The average molecular weight is 293 g/mol. The second kappa shape index (κ2) is 5.18. The molecule has 0 unspecified atom stereocenters. The number of para-hydroxylation sites is 1. The zero-order chi connectivity index (χ0) is 14.9. The second-order valence-electron chi connectivity index (χ2n) is 5.26. The van der Waals surface area contributed by atoms with Gasteiger partial charge in [-0.25, -0.2) is 4.98 Å². The molecule has 22 heavy (non-hydrogen) atoms. The molecule has 0 saturated heterocycles. The maximum absolute atomic E-state index is 12.7. The van der Waals surface area contributed by atoms with Gasteiger partial charge in [-0.3, -0.25) is 4.79 Å². The van der Waals surface area contributed by atoms with Crippen LogP contribution in [0.25, 0.3) is 10.9 Å². The maximum atomic E-state index is 12.7. The molecule has 3 heterocycles. The lowest BCUT2D eigenvalue weighted by Gasteiger charge is -2.28. The number of anilines is 1. The number of carbonyl (C=O) groups is 1. The van der Waals surface area contributed by atoms with Gasteiger partial charge in [-0.05, 0) is 23.8 Å². The van der Waals surface area contributed by atoms with Crippen LogP contribution >= 0.6 is 0 Å². The molecule has 2 aromatic heterocycles. The van der Waals surface area contributed by atoms with Gasteiger partial charge in [-0.15, -0.1) is 0 Å². The Morgan fingerprint density at radius 3 is 3.14 bits per heavy atom. The van der Waals surface area contributed by atoms with Crippen LogP contribution < -0.4 is 9.64 Å². The highest BCUT2D eigenvalue weighted by molar-refractivity contribution is 5.98. The number of aromatic amines is 1. The predicted octanol–water partition coefficient (Wildman–Crippen LogP) is 2.53. The van der Waals surface area contributed by atoms with Crippen molar-refractivity contribution in [3.8, 4) is 5.88 Å². The van der Waals surface area contributed by atoms with E-state index >= 15 is 0 Å². The summed E-state index contributed by atoms with van der Waals surface area (Å²) in [4.78, 5) is 21.8. The Morgan fingerprint density at radius 2 is 2.18 bits per heavy atom. The zero-order valence-corrected chi connectivity index (χ0v) is 12.0. The molecule has 1 aliphatic heterocycles. The highest BCUT2D eigenvalue weighted by atomic mass is 16.5. The van der Waals surface area contributed by atoms with E-state index in [1.54, 1.807) is 11.1 Å². The summed E-state index contributed by atoms with van der Waals surface area (Å²) in [6, 6.07) is 11.7. The molecule has 110 valence electrons. The van der Waals surface area contributed by atoms with E-state index in [0.717, 1.165) is 22.2 Å². The molecule has 1 amide bonds. The fourth-order valence-corrected chi connectivity index (χ4v) is 2.85. The number of fused-ring (bicyclic) bond motifs is 2. The van der Waals surface area contributed by atoms with Crippen molar-refractivity contribution in [3.63, 3.8) is 0 Å². The fraction of sp³-hybridized carbons (Fsp3) is 0.176. The number of ether oxygens (including phenoxy) is 1. The number of amides is 1. The van der Waals surface area contributed by atoms with Crippen LogP contribution in [-0.2, 0) is 11.2 Å². The molecule has 0 saturated carbocycles. The molecule has 5 nitrogen and oxygen atoms in total. The molecule has 0 spiro atoms. The molecule has 1 N–H and O–H groups in total. The standard InChI is InChI=1S/C17H15N3O2/c21-16(10-12-11-19-14-5-2-1-4-13(12)14)20-8-9-22-17-15(20)6-3-7-18-17/h1-7,11,19H,8-10H2. The lowest BCUT2D eigenvalue weighted by atomic mass is 10.1. The van der Waals surface area contributed by atoms with Crippen LogP contribution in [0.15, 0.2) is 48.8 Å². The van der Waals surface area contributed by atoms with E-state index in [2.05, 4.69) is 9.97 Å². The van der Waals surface area contributed by atoms with Gasteiger partial charge in [0.25, 0.3) is 0 Å². The van der Waals surface area contributed by atoms with Crippen LogP contribution in [0.1, 0.15) is 5.56 Å². The third-order valence-electron chi connectivity index (χ3n) is 3.91. The first-order valence-corrected chi connectivity index (χ1v) is 7.26. The number of nitrogens with one attached hydrogen (secondary N) is 1. The summed E-state index contributed by atoms with van der Waals surface area (Å²) in [6.45, 7) is 1.03. The summed E-state index contributed by atoms with van der Waals surface area (Å²) < 4.78 is 5.50. The smallest absolute Gasteiger partial charge is 0.238 e. The molecule has 0 radical (unpaired) electrons. The van der Waals surface area contributed by atoms with Gasteiger partial charge in [0.05, 0.1) is 13.0 Å². The molecule has 4 rings (SSSR count). The van der Waals surface area contributed by atoms with Gasteiger partial charge >= 0.3 is 0 Å². The SMILES string of the molecule is O=C(Cc1c[nH]c2ccccc12)N1CCOc2ncccc21. The van der Waals surface area contributed by atoms with E-state index in [1.807, 2.05) is 42.6 Å². The number of aromatic nitrogens is 2. The molecule has 0 bridgehead atoms. The Kier molecular flexibility index (Phi) is 3.04. The number of carbonyl (C=O) groups excluding carboxylic acids is 1. The van der Waals surface area contributed by atoms with Crippen LogP contribution in [0.4, 0.5) is 5.69 Å². The van der Waals surface area contributed by atoms with Crippen molar-refractivity contribution in [2.75, 3.05) is 18.1 Å². The van der Waals surface area contributed by atoms with Crippen LogP contribution in [0.3, 0.4) is 0 Å². The summed E-state index contributed by atoms with van der Waals surface area (Å²) in [6.07, 6.45) is 3.94. The molecule has 5 heteroatoms. The molecule has 0 aliphatic carbocycles. The van der Waals surface area contributed by atoms with Gasteiger partial charge < -0.3 is 14.6 Å². The minimum atomic E-state index is 0.0577. The largest absolute Gasteiger partial charge is 0.474 e. The van der Waals surface area contributed by atoms with Gasteiger partial charge in [0.1, 0.15) is 12.3 Å². The third-order valence-corrected chi connectivity index (χ3v) is 3.91. The van der Waals surface area contributed by atoms with Gasteiger partial charge in [0.2, 0.25) is 11.8 Å². The summed E-state index contributed by atoms with van der Waals surface area (Å²) in [7, 11) is 0. The Morgan fingerprint density at radius 1 is 1.27 bits per heavy atom. The minimum Gasteiger partial charge on any atom is -0.474 e. The van der Waals surface area contributed by atoms with E-state index in [9.17, 15) is 4.79 Å². The van der Waals surface area contributed by atoms with Crippen LogP contribution in [0, 0.1) is 0 Å². The number of rotatable bonds is 2. The topological polar surface area (TPSA) is 58.2 Å². The minimum absolute atomic E-state index is 0.0577. The summed E-state index contributed by atoms with van der Waals surface area (Å²) in [5, 5.41) is 1.09. The average Bonchev–Trinajstić information content (AvgIpc) is 2.97. The molecule has 1 aromatic carbocycles. The maximum Gasteiger partial charge on any atom is 0.238 e. The number of hydrogen-bond donors (Lipinski definition) is 1. The Bertz CT molecular complexity index is 841. The number of benzene rings is 1. The quantitative estimate of drug-likeness (QED) is 0.790. The first kappa shape index (κ1) is 12.9. The van der Waals surface area contributed by atoms with E-state index in [0.29, 0.717) is 25.5 Å². The van der Waals surface area contributed by atoms with E-state index in [-0.39, 0.29) is 5.91 Å². The second-order valence-corrected chi connectivity index (χ2v) is 5.26. The predicted molar refractivity (Wildman–Crippen MR) is 84.1 cm³/mol. The van der Waals surface area contributed by atoms with Crippen molar-refractivity contribution in [2.45, 2.75) is 6.42 Å². The zero-order valence-electron chi connectivity index (χ0n) is 12.0. The molecule has 0 atom stereocenters. The molecule has 1 aliphatic rings. The van der Waals surface area contributed by atoms with Gasteiger partial charge in [0, 0.05) is 23.3 Å². The van der Waals surface area contributed by atoms with Crippen LogP contribution in [0.5, 0.6) is 5.88 Å². The molecule has 3 aromatic rings. The van der Waals surface area contributed by atoms with Crippen LogP contribution in [0.2, 0.25) is 0 Å². The van der Waals surface area contributed by atoms with Crippen molar-refractivity contribution in [1.29, 1.82) is 0 Å². The lowest BCUT2D eigenvalue weighted by molar-refractivity contribution is -0.118. The normalized spacial score (nSPS) is 13.7. The summed E-state index contributed by atoms with van der Waals surface area (Å²) >= 11 is 0. The lowest BCUT2D eigenvalue weighted by Crippen LogP contribution is -2.39. The summed E-state index contributed by atoms with van der Waals surface area (Å²) in [5.74, 6) is 0.586. The number of pyridine rings is 1. The third kappa shape index (κ3) is 2.11. The monoisotopic (exact) mass is 293 g/mol. The first-order chi connectivity index (χ1) is 10.8. The van der Waals surface area contributed by atoms with Crippen molar-refractivity contribution in [1.82, 2.24) is 9.97 Å². The number of H-pyrrole nitrogens is 1. The fourth-order valence-electron chi connectivity index (χ4n) is 2.85. The Hall–Kier alpha value is -2.82. The number of nitrogens with zero attached hydrogens (tertiary/aromatic N) is 2. The van der Waals surface area contributed by atoms with Crippen molar-refractivity contribution in [2.24, 2.45) is 0 Å². The molecular formula is C17H15N3O2. The van der Waals surface area contributed by atoms with Gasteiger partial charge in [-0.1, -0.05) is 18.2 Å². The molecule has 0 fully saturated rings. The van der Waals surface area contributed by atoms with Crippen molar-refractivity contribution < 1.29 is 9.53 Å². The van der Waals surface area contributed by atoms with E-state index < -0.39 is 0 Å². The van der Waals surface area contributed by atoms with Crippen LogP contribution in [-0.4, -0.2) is 29.0 Å². The molecular weight excluding hydrogens is 278 g/mol. The highest BCUT2D eigenvalue weighted by Crippen LogP contribution is 2.29. The van der Waals surface area contributed by atoms with Gasteiger partial charge in [-0.2, -0.15) is 0 Å². The van der Waals surface area contributed by atoms with Crippen molar-refractivity contribution in [3.05, 3.63) is 54.4 Å². The first-order valence-electron chi connectivity index (χ1n) is 7.26. The Labute approximate surface area is 127 Å². The Balaban J connectivity index is 1.63. The van der Waals surface area contributed by atoms with Crippen molar-refractivity contribution >= 4 is 22.5 Å².